The smallest absolute Gasteiger partial charge is 0.313 e. The number of halogens is 1. The maximum Gasteiger partial charge on any atom is 0.313 e. The van der Waals surface area contributed by atoms with E-state index in [1.165, 1.54) is 12.3 Å². The number of aliphatic hydroxyl groups excluding tert-OH is 1. The van der Waals surface area contributed by atoms with Crippen LogP contribution in [0.3, 0.4) is 0 Å². The Hall–Kier alpha value is -1.40. The lowest BCUT2D eigenvalue weighted by Crippen LogP contribution is -2.45. The zero-order valence-corrected chi connectivity index (χ0v) is 11.0. The number of nitrogens with zero attached hydrogens (tertiary/aromatic N) is 3. The number of hydrogen-bond acceptors (Lipinski definition) is 5. The molecule has 0 aromatic carbocycles. The third-order valence-corrected chi connectivity index (χ3v) is 4.17. The molecule has 2 atom stereocenters. The molecule has 0 spiro atoms. The van der Waals surface area contributed by atoms with Gasteiger partial charge in [-0.25, -0.2) is 4.98 Å². The van der Waals surface area contributed by atoms with Crippen LogP contribution in [-0.4, -0.2) is 33.2 Å². The van der Waals surface area contributed by atoms with Gasteiger partial charge in [0.2, 0.25) is 5.82 Å². The zero-order chi connectivity index (χ0) is 13.6. The molecule has 102 valence electrons. The summed E-state index contributed by atoms with van der Waals surface area (Å²) in [6.45, 7) is 0. The molecule has 19 heavy (non-hydrogen) atoms. The van der Waals surface area contributed by atoms with Crippen molar-refractivity contribution in [3.63, 3.8) is 0 Å². The number of fused-ring (bicyclic) bond motifs is 2. The number of pyridine rings is 1. The van der Waals surface area contributed by atoms with Crippen LogP contribution in [0, 0.1) is 10.1 Å². The summed E-state index contributed by atoms with van der Waals surface area (Å²) < 4.78 is 0. The highest BCUT2D eigenvalue weighted by Crippen LogP contribution is 2.42. The van der Waals surface area contributed by atoms with Gasteiger partial charge in [-0.1, -0.05) is 11.6 Å². The number of hydrogen-bond donors (Lipinski definition) is 1. The van der Waals surface area contributed by atoms with Crippen molar-refractivity contribution in [3.05, 3.63) is 27.4 Å². The van der Waals surface area contributed by atoms with Crippen molar-refractivity contribution < 1.29 is 10.0 Å². The van der Waals surface area contributed by atoms with Gasteiger partial charge < -0.3 is 10.0 Å². The first-order chi connectivity index (χ1) is 9.06. The quantitative estimate of drug-likeness (QED) is 0.664. The van der Waals surface area contributed by atoms with E-state index in [-0.39, 0.29) is 28.9 Å². The molecule has 0 radical (unpaired) electrons. The molecule has 0 saturated carbocycles. The summed E-state index contributed by atoms with van der Waals surface area (Å²) >= 11 is 5.79. The van der Waals surface area contributed by atoms with E-state index in [4.69, 9.17) is 11.6 Å². The Labute approximate surface area is 115 Å². The second-order valence-electron chi connectivity index (χ2n) is 5.17. The molecule has 0 amide bonds. The number of aromatic nitrogens is 1. The molecule has 2 fully saturated rings. The van der Waals surface area contributed by atoms with Crippen molar-refractivity contribution >= 4 is 23.1 Å². The van der Waals surface area contributed by atoms with E-state index in [0.717, 1.165) is 12.8 Å². The summed E-state index contributed by atoms with van der Waals surface area (Å²) in [4.78, 5) is 16.9. The van der Waals surface area contributed by atoms with Crippen molar-refractivity contribution in [2.75, 3.05) is 4.90 Å². The number of piperidine rings is 1. The molecule has 2 aliphatic heterocycles. The minimum Gasteiger partial charge on any atom is -0.393 e. The fourth-order valence-corrected chi connectivity index (χ4v) is 3.40. The standard InChI is InChI=1S/C12H14ClN3O3/c13-7-3-11(16(18)19)12(14-6-7)15-8-1-2-9(15)5-10(17)4-8/h3,6,8-10,17H,1-2,4-5H2. The Morgan fingerprint density at radius 3 is 2.63 bits per heavy atom. The number of rotatable bonds is 2. The van der Waals surface area contributed by atoms with Gasteiger partial charge in [-0.05, 0) is 25.7 Å². The highest BCUT2D eigenvalue weighted by atomic mass is 35.5. The maximum atomic E-state index is 11.1. The Bertz CT molecular complexity index is 511. The molecule has 2 aliphatic rings. The van der Waals surface area contributed by atoms with E-state index < -0.39 is 4.92 Å². The van der Waals surface area contributed by atoms with Crippen LogP contribution in [0.5, 0.6) is 0 Å². The van der Waals surface area contributed by atoms with Gasteiger partial charge in [0.1, 0.15) is 0 Å². The van der Waals surface area contributed by atoms with E-state index in [2.05, 4.69) is 4.98 Å². The molecule has 1 aromatic rings. The lowest BCUT2D eigenvalue weighted by molar-refractivity contribution is -0.384. The van der Waals surface area contributed by atoms with Crippen LogP contribution in [0.2, 0.25) is 5.02 Å². The first-order valence-electron chi connectivity index (χ1n) is 6.32. The molecule has 1 aromatic heterocycles. The molecule has 3 rings (SSSR count). The fraction of sp³-hybridized carbons (Fsp3) is 0.583. The Morgan fingerprint density at radius 2 is 2.05 bits per heavy atom. The SMILES string of the molecule is O=[N+]([O-])c1cc(Cl)cnc1N1C2CCC1CC(O)C2. The average molecular weight is 284 g/mol. The molecular formula is C12H14ClN3O3. The van der Waals surface area contributed by atoms with E-state index >= 15 is 0 Å². The third kappa shape index (κ3) is 2.15. The van der Waals surface area contributed by atoms with Crippen LogP contribution in [0.4, 0.5) is 11.5 Å². The largest absolute Gasteiger partial charge is 0.393 e. The molecule has 2 unspecified atom stereocenters. The highest BCUT2D eigenvalue weighted by Gasteiger charge is 2.43. The Morgan fingerprint density at radius 1 is 1.42 bits per heavy atom. The highest BCUT2D eigenvalue weighted by molar-refractivity contribution is 6.30. The van der Waals surface area contributed by atoms with E-state index in [1.807, 2.05) is 4.90 Å². The first-order valence-corrected chi connectivity index (χ1v) is 6.70. The summed E-state index contributed by atoms with van der Waals surface area (Å²) in [7, 11) is 0. The van der Waals surface area contributed by atoms with Gasteiger partial charge >= 0.3 is 5.69 Å². The molecule has 1 N–H and O–H groups in total. The second-order valence-corrected chi connectivity index (χ2v) is 5.61. The van der Waals surface area contributed by atoms with Crippen LogP contribution in [-0.2, 0) is 0 Å². The topological polar surface area (TPSA) is 79.5 Å². The van der Waals surface area contributed by atoms with Crippen LogP contribution >= 0.6 is 11.6 Å². The normalized spacial score (nSPS) is 29.6. The van der Waals surface area contributed by atoms with Gasteiger partial charge in [0, 0.05) is 24.3 Å². The summed E-state index contributed by atoms with van der Waals surface area (Å²) in [5.74, 6) is 0.383. The summed E-state index contributed by atoms with van der Waals surface area (Å²) in [6.07, 6.45) is 4.33. The first kappa shape index (κ1) is 12.6. The van der Waals surface area contributed by atoms with Gasteiger partial charge in [0.25, 0.3) is 0 Å². The average Bonchev–Trinajstić information content (AvgIpc) is 2.62. The van der Waals surface area contributed by atoms with Crippen LogP contribution in [0.25, 0.3) is 0 Å². The van der Waals surface area contributed by atoms with E-state index in [9.17, 15) is 15.2 Å². The Kier molecular flexibility index (Phi) is 3.06. The second kappa shape index (κ2) is 4.61. The summed E-state index contributed by atoms with van der Waals surface area (Å²) in [6, 6.07) is 1.62. The zero-order valence-electron chi connectivity index (χ0n) is 10.2. The number of nitro groups is 1. The molecule has 7 heteroatoms. The molecular weight excluding hydrogens is 270 g/mol. The predicted molar refractivity (Wildman–Crippen MR) is 70.4 cm³/mol. The minimum absolute atomic E-state index is 0.0548. The van der Waals surface area contributed by atoms with Crippen molar-refractivity contribution in [3.8, 4) is 0 Å². The third-order valence-electron chi connectivity index (χ3n) is 3.96. The van der Waals surface area contributed by atoms with E-state index in [0.29, 0.717) is 18.7 Å². The van der Waals surface area contributed by atoms with Crippen LogP contribution < -0.4 is 4.90 Å². The van der Waals surface area contributed by atoms with Crippen LogP contribution in [0.1, 0.15) is 25.7 Å². The lowest BCUT2D eigenvalue weighted by atomic mass is 10.00. The lowest BCUT2D eigenvalue weighted by Gasteiger charge is -2.37. The molecule has 3 heterocycles. The number of anilines is 1. The minimum atomic E-state index is -0.446. The fourth-order valence-electron chi connectivity index (χ4n) is 3.25. The van der Waals surface area contributed by atoms with Crippen molar-refractivity contribution in [2.24, 2.45) is 0 Å². The van der Waals surface area contributed by atoms with Crippen molar-refractivity contribution in [1.29, 1.82) is 0 Å². The monoisotopic (exact) mass is 283 g/mol. The molecule has 2 bridgehead atoms. The summed E-state index contributed by atoms with van der Waals surface area (Å²) in [5, 5.41) is 21.2. The molecule has 6 nitrogen and oxygen atoms in total. The van der Waals surface area contributed by atoms with Crippen LogP contribution in [0.15, 0.2) is 12.3 Å². The number of aliphatic hydroxyl groups is 1. The van der Waals surface area contributed by atoms with Gasteiger partial charge in [-0.3, -0.25) is 10.1 Å². The van der Waals surface area contributed by atoms with Gasteiger partial charge in [0.05, 0.1) is 16.0 Å². The van der Waals surface area contributed by atoms with Gasteiger partial charge in [0.15, 0.2) is 0 Å². The van der Waals surface area contributed by atoms with E-state index in [1.54, 1.807) is 0 Å². The van der Waals surface area contributed by atoms with Crippen molar-refractivity contribution in [1.82, 2.24) is 4.98 Å². The van der Waals surface area contributed by atoms with Gasteiger partial charge in [-0.2, -0.15) is 0 Å². The molecule has 2 saturated heterocycles. The molecule has 0 aliphatic carbocycles. The Balaban J connectivity index is 2.01. The van der Waals surface area contributed by atoms with Crippen molar-refractivity contribution in [2.45, 2.75) is 43.9 Å². The summed E-state index contributed by atoms with van der Waals surface area (Å²) in [5.41, 5.74) is -0.0548. The van der Waals surface area contributed by atoms with Gasteiger partial charge in [-0.15, -0.1) is 0 Å². The predicted octanol–water partition coefficient (Wildman–Crippen LogP) is 2.14. The maximum absolute atomic E-state index is 11.1.